The smallest absolute Gasteiger partial charge is 0.356 e. The summed E-state index contributed by atoms with van der Waals surface area (Å²) in [7, 11) is 0. The highest BCUT2D eigenvalue weighted by Crippen LogP contribution is 2.40. The molecule has 35 heavy (non-hydrogen) atoms. The number of pyridine rings is 1. The minimum Gasteiger partial charge on any atom is -0.455 e. The van der Waals surface area contributed by atoms with Gasteiger partial charge in [-0.15, -0.1) is 0 Å². The molecule has 4 rings (SSSR count). The van der Waals surface area contributed by atoms with Gasteiger partial charge in [-0.1, -0.05) is 0 Å². The fraction of sp³-hybridized carbons (Fsp3) is 0.435. The van der Waals surface area contributed by atoms with E-state index in [0.29, 0.717) is 29.5 Å². The number of carbonyl (C=O) groups excluding carboxylic acids is 1. The molecule has 0 unspecified atom stereocenters. The lowest BCUT2D eigenvalue weighted by Crippen LogP contribution is -2.41. The van der Waals surface area contributed by atoms with E-state index in [0.717, 1.165) is 23.1 Å². The Morgan fingerprint density at radius 1 is 1.26 bits per heavy atom. The highest BCUT2D eigenvalue weighted by molar-refractivity contribution is 5.87. The Balaban J connectivity index is 1.69. The van der Waals surface area contributed by atoms with Crippen molar-refractivity contribution in [2.45, 2.75) is 65.1 Å². The number of hydrogen-bond donors (Lipinski definition) is 2. The lowest BCUT2D eigenvalue weighted by molar-refractivity contribution is -0.150. The Labute approximate surface area is 201 Å². The molecule has 0 spiro atoms. The molecule has 1 aliphatic rings. The maximum Gasteiger partial charge on any atom is 0.356 e. The third-order valence-electron chi connectivity index (χ3n) is 5.44. The van der Waals surface area contributed by atoms with E-state index in [2.05, 4.69) is 10.1 Å². The number of rotatable bonds is 7. The normalized spacial score (nSPS) is 14.4. The van der Waals surface area contributed by atoms with Gasteiger partial charge >= 0.3 is 17.1 Å². The van der Waals surface area contributed by atoms with Crippen LogP contribution in [0.5, 0.6) is 0 Å². The highest BCUT2D eigenvalue weighted by Gasteiger charge is 2.26. The Morgan fingerprint density at radius 3 is 2.60 bits per heavy atom. The summed E-state index contributed by atoms with van der Waals surface area (Å²) in [5, 5.41) is 5.33. The zero-order chi connectivity index (χ0) is 25.5. The van der Waals surface area contributed by atoms with E-state index in [-0.39, 0.29) is 12.2 Å². The maximum atomic E-state index is 12.8. The van der Waals surface area contributed by atoms with E-state index in [9.17, 15) is 14.4 Å². The van der Waals surface area contributed by atoms with Crippen molar-refractivity contribution in [1.29, 1.82) is 0 Å². The summed E-state index contributed by atoms with van der Waals surface area (Å²) in [6.07, 6.45) is 8.49. The van der Waals surface area contributed by atoms with Crippen LogP contribution in [0.1, 0.15) is 57.7 Å². The van der Waals surface area contributed by atoms with Gasteiger partial charge in [0.25, 0.3) is 0 Å². The molecule has 0 bridgehead atoms. The fourth-order valence-electron chi connectivity index (χ4n) is 3.68. The molecule has 0 saturated heterocycles. The molecule has 0 atom stereocenters. The summed E-state index contributed by atoms with van der Waals surface area (Å²) in [5.41, 5.74) is 6.15. The Bertz CT molecular complexity index is 1420. The lowest BCUT2D eigenvalue weighted by Gasteiger charge is -2.20. The van der Waals surface area contributed by atoms with E-state index in [4.69, 9.17) is 16.3 Å². The molecular formula is C23H30N8O4. The molecule has 12 nitrogen and oxygen atoms in total. The average Bonchev–Trinajstić information content (AvgIpc) is 3.54. The SMILES string of the molecule is CCn1ncn(-c2cc(C3CC3)cn3cc(CN(N)/C=C(\N)C(=O)OC(C)(C)C)nc23)c(=O)c1=O. The molecule has 1 aliphatic carbocycles. The van der Waals surface area contributed by atoms with Crippen LogP contribution in [0.4, 0.5) is 0 Å². The molecule has 0 radical (unpaired) electrons. The van der Waals surface area contributed by atoms with Crippen molar-refractivity contribution in [2.24, 2.45) is 11.6 Å². The summed E-state index contributed by atoms with van der Waals surface area (Å²) in [4.78, 5) is 42.0. The summed E-state index contributed by atoms with van der Waals surface area (Å²) in [6.45, 7) is 7.41. The zero-order valence-corrected chi connectivity index (χ0v) is 20.3. The Morgan fingerprint density at radius 2 is 1.97 bits per heavy atom. The number of carbonyl (C=O) groups is 1. The number of aryl methyl sites for hydroxylation is 1. The minimum absolute atomic E-state index is 0.133. The van der Waals surface area contributed by atoms with Crippen LogP contribution in [0.15, 0.2) is 46.3 Å². The third-order valence-corrected chi connectivity index (χ3v) is 5.44. The minimum atomic E-state index is -0.701. The van der Waals surface area contributed by atoms with Gasteiger partial charge in [0.15, 0.2) is 5.65 Å². The summed E-state index contributed by atoms with van der Waals surface area (Å²) in [6, 6.07) is 1.88. The number of esters is 1. The number of hydrazine groups is 1. The lowest BCUT2D eigenvalue weighted by atomic mass is 10.2. The fourth-order valence-corrected chi connectivity index (χ4v) is 3.68. The van der Waals surface area contributed by atoms with Crippen molar-refractivity contribution in [3.05, 3.63) is 68.6 Å². The number of nitrogens with two attached hydrogens (primary N) is 2. The first-order chi connectivity index (χ1) is 16.5. The molecule has 0 amide bonds. The quantitative estimate of drug-likeness (QED) is 0.163. The van der Waals surface area contributed by atoms with E-state index in [1.807, 2.05) is 16.7 Å². The second-order valence-corrected chi connectivity index (χ2v) is 9.58. The van der Waals surface area contributed by atoms with Gasteiger partial charge in [0.1, 0.15) is 17.6 Å². The van der Waals surface area contributed by atoms with Gasteiger partial charge in [0.2, 0.25) is 0 Å². The molecule has 1 saturated carbocycles. The van der Waals surface area contributed by atoms with Gasteiger partial charge in [-0.05, 0) is 58.1 Å². The van der Waals surface area contributed by atoms with Gasteiger partial charge in [-0.3, -0.25) is 14.2 Å². The van der Waals surface area contributed by atoms with Crippen molar-refractivity contribution in [1.82, 2.24) is 28.7 Å². The number of nitrogens with zero attached hydrogens (tertiary/aromatic N) is 6. The van der Waals surface area contributed by atoms with Crippen LogP contribution in [0, 0.1) is 0 Å². The molecule has 1 fully saturated rings. The molecule has 0 aliphatic heterocycles. The molecular weight excluding hydrogens is 452 g/mol. The van der Waals surface area contributed by atoms with Gasteiger partial charge in [0.05, 0.1) is 17.9 Å². The van der Waals surface area contributed by atoms with Gasteiger partial charge in [-0.2, -0.15) is 5.10 Å². The first-order valence-corrected chi connectivity index (χ1v) is 11.4. The van der Waals surface area contributed by atoms with Crippen molar-refractivity contribution in [3.63, 3.8) is 0 Å². The number of hydrogen-bond acceptors (Lipinski definition) is 9. The van der Waals surface area contributed by atoms with Crippen molar-refractivity contribution < 1.29 is 9.53 Å². The van der Waals surface area contributed by atoms with E-state index in [1.54, 1.807) is 33.9 Å². The van der Waals surface area contributed by atoms with Crippen molar-refractivity contribution in [2.75, 3.05) is 0 Å². The largest absolute Gasteiger partial charge is 0.455 e. The summed E-state index contributed by atoms with van der Waals surface area (Å²) in [5.74, 6) is 5.78. The van der Waals surface area contributed by atoms with Crippen LogP contribution in [0.2, 0.25) is 0 Å². The molecule has 186 valence electrons. The number of ether oxygens (including phenoxy) is 1. The van der Waals surface area contributed by atoms with Crippen LogP contribution in [0.25, 0.3) is 11.3 Å². The third kappa shape index (κ3) is 5.27. The standard InChI is InChI=1S/C23H30N8O4/c1-5-31-21(33)20(32)30(13-26-31)18-8-15(14-6-7-14)9-28-10-16(27-19(18)28)11-29(25)12-17(24)22(34)35-23(2,3)4/h8-10,12-14H,5-7,11,24-25H2,1-4H3/b17-12-. The monoisotopic (exact) mass is 482 g/mol. The second kappa shape index (κ2) is 9.02. The predicted molar refractivity (Wildman–Crippen MR) is 128 cm³/mol. The Hall–Kier alpha value is -3.93. The van der Waals surface area contributed by atoms with E-state index in [1.165, 1.54) is 22.1 Å². The second-order valence-electron chi connectivity index (χ2n) is 9.58. The average molecular weight is 483 g/mol. The number of aromatic nitrogens is 5. The highest BCUT2D eigenvalue weighted by atomic mass is 16.6. The van der Waals surface area contributed by atoms with Crippen LogP contribution in [0.3, 0.4) is 0 Å². The van der Waals surface area contributed by atoms with Gasteiger partial charge in [0, 0.05) is 25.1 Å². The van der Waals surface area contributed by atoms with E-state index >= 15 is 0 Å². The molecule has 3 aromatic rings. The summed E-state index contributed by atoms with van der Waals surface area (Å²) >= 11 is 0. The maximum absolute atomic E-state index is 12.8. The molecule has 3 aromatic heterocycles. The first kappa shape index (κ1) is 24.2. The van der Waals surface area contributed by atoms with Crippen LogP contribution in [-0.2, 0) is 22.6 Å². The molecule has 3 heterocycles. The Kier molecular flexibility index (Phi) is 6.24. The van der Waals surface area contributed by atoms with Crippen LogP contribution < -0.4 is 22.7 Å². The molecule has 12 heteroatoms. The van der Waals surface area contributed by atoms with Gasteiger partial charge in [-0.25, -0.2) is 20.3 Å². The van der Waals surface area contributed by atoms with Crippen LogP contribution in [-0.4, -0.2) is 40.3 Å². The number of fused-ring (bicyclic) bond motifs is 1. The van der Waals surface area contributed by atoms with Crippen LogP contribution >= 0.6 is 0 Å². The van der Waals surface area contributed by atoms with Crippen molar-refractivity contribution in [3.8, 4) is 5.69 Å². The first-order valence-electron chi connectivity index (χ1n) is 11.4. The molecule has 0 aromatic carbocycles. The molecule has 4 N–H and O–H groups in total. The predicted octanol–water partition coefficient (Wildman–Crippen LogP) is 0.757. The van der Waals surface area contributed by atoms with Gasteiger partial charge < -0.3 is 19.9 Å². The zero-order valence-electron chi connectivity index (χ0n) is 20.3. The summed E-state index contributed by atoms with van der Waals surface area (Å²) < 4.78 is 9.40. The van der Waals surface area contributed by atoms with E-state index < -0.39 is 22.7 Å². The van der Waals surface area contributed by atoms with Crippen molar-refractivity contribution >= 4 is 11.6 Å². The number of imidazole rings is 1. The topological polar surface area (TPSA) is 156 Å².